The van der Waals surface area contributed by atoms with Gasteiger partial charge < -0.3 is 10.3 Å². The third kappa shape index (κ3) is 3.05. The lowest BCUT2D eigenvalue weighted by molar-refractivity contribution is -0.113. The molecule has 0 aliphatic heterocycles. The topological polar surface area (TPSA) is 83.6 Å². The Bertz CT molecular complexity index is 1330. The highest BCUT2D eigenvalue weighted by Gasteiger charge is 2.11. The number of aromatic amines is 1. The monoisotopic (exact) mass is 385 g/mol. The summed E-state index contributed by atoms with van der Waals surface area (Å²) in [6, 6.07) is 21.7. The van der Waals surface area contributed by atoms with Gasteiger partial charge in [-0.15, -0.1) is 10.2 Å². The Hall–Kier alpha value is -3.45. The maximum absolute atomic E-state index is 12.4. The minimum Gasteiger partial charge on any atom is -0.338 e. The van der Waals surface area contributed by atoms with Crippen molar-refractivity contribution in [2.45, 2.75) is 5.16 Å². The normalized spacial score (nSPS) is 11.3. The van der Waals surface area contributed by atoms with Gasteiger partial charge in [0.1, 0.15) is 5.52 Å². The Labute approximate surface area is 164 Å². The molecule has 2 aromatic heterocycles. The molecular weight excluding hydrogens is 370 g/mol. The minimum absolute atomic E-state index is 0.110. The smallest absolute Gasteiger partial charge is 0.234 e. The minimum atomic E-state index is -0.110. The Morgan fingerprint density at radius 3 is 2.64 bits per heavy atom. The largest absolute Gasteiger partial charge is 0.338 e. The van der Waals surface area contributed by atoms with Gasteiger partial charge in [0.15, 0.2) is 5.65 Å². The molecule has 1 amide bonds. The van der Waals surface area contributed by atoms with Gasteiger partial charge in [0.2, 0.25) is 11.1 Å². The maximum Gasteiger partial charge on any atom is 0.234 e. The number of H-pyrrole nitrogens is 1. The number of aromatic nitrogens is 4. The molecule has 0 fully saturated rings. The van der Waals surface area contributed by atoms with Crippen molar-refractivity contribution in [3.05, 3.63) is 66.7 Å². The average molecular weight is 385 g/mol. The lowest BCUT2D eigenvalue weighted by Gasteiger charge is -2.08. The van der Waals surface area contributed by atoms with Gasteiger partial charge in [-0.1, -0.05) is 66.4 Å². The number of carbonyl (C=O) groups excluding carboxylic acids is 1. The summed E-state index contributed by atoms with van der Waals surface area (Å²) >= 11 is 1.26. The highest BCUT2D eigenvalue weighted by atomic mass is 32.2. The molecule has 7 heteroatoms. The number of hydrogen-bond acceptors (Lipinski definition) is 5. The highest BCUT2D eigenvalue weighted by molar-refractivity contribution is 7.99. The lowest BCUT2D eigenvalue weighted by atomic mass is 10.1. The first-order valence-electron chi connectivity index (χ1n) is 8.79. The Kier molecular flexibility index (Phi) is 4.14. The highest BCUT2D eigenvalue weighted by Crippen LogP contribution is 2.25. The van der Waals surface area contributed by atoms with Gasteiger partial charge in [0.05, 0.1) is 5.75 Å². The first-order chi connectivity index (χ1) is 13.8. The summed E-state index contributed by atoms with van der Waals surface area (Å²) in [6.07, 6.45) is 0. The molecule has 28 heavy (non-hydrogen) atoms. The molecule has 5 aromatic rings. The van der Waals surface area contributed by atoms with Crippen LogP contribution in [0.5, 0.6) is 0 Å². The van der Waals surface area contributed by atoms with E-state index in [0.29, 0.717) is 10.8 Å². The summed E-state index contributed by atoms with van der Waals surface area (Å²) in [5, 5.41) is 15.0. The summed E-state index contributed by atoms with van der Waals surface area (Å²) in [7, 11) is 0. The van der Waals surface area contributed by atoms with Gasteiger partial charge in [-0.05, 0) is 17.5 Å². The van der Waals surface area contributed by atoms with E-state index in [2.05, 4.69) is 25.5 Å². The average Bonchev–Trinajstić information content (AvgIpc) is 3.10. The van der Waals surface area contributed by atoms with Crippen LogP contribution in [0.1, 0.15) is 0 Å². The van der Waals surface area contributed by atoms with Crippen molar-refractivity contribution in [1.82, 2.24) is 20.2 Å². The second kappa shape index (κ2) is 6.94. The zero-order valence-electron chi connectivity index (χ0n) is 14.7. The van der Waals surface area contributed by atoms with Crippen molar-refractivity contribution >= 4 is 56.2 Å². The van der Waals surface area contributed by atoms with Crippen molar-refractivity contribution in [2.75, 3.05) is 11.1 Å². The lowest BCUT2D eigenvalue weighted by Crippen LogP contribution is -2.14. The third-order valence-corrected chi connectivity index (χ3v) is 5.34. The number of benzene rings is 3. The van der Waals surface area contributed by atoms with Gasteiger partial charge in [-0.3, -0.25) is 4.79 Å². The number of anilines is 1. The standard InChI is InChI=1S/C21H15N5OS/c27-18(22-16-11-5-7-13-6-1-2-8-14(13)16)12-28-21-24-20-19(25-26-21)15-9-3-4-10-17(15)23-20/h1-11H,12H2,(H,22,27)(H,23,24,26). The van der Waals surface area contributed by atoms with E-state index >= 15 is 0 Å². The summed E-state index contributed by atoms with van der Waals surface area (Å²) < 4.78 is 0. The number of para-hydroxylation sites is 1. The van der Waals surface area contributed by atoms with Gasteiger partial charge in [0.25, 0.3) is 0 Å². The predicted molar refractivity (Wildman–Crippen MR) is 112 cm³/mol. The van der Waals surface area contributed by atoms with Crippen molar-refractivity contribution in [3.63, 3.8) is 0 Å². The van der Waals surface area contributed by atoms with Crippen LogP contribution in [0.2, 0.25) is 0 Å². The van der Waals surface area contributed by atoms with Crippen LogP contribution >= 0.6 is 11.8 Å². The Morgan fingerprint density at radius 2 is 1.71 bits per heavy atom. The number of amides is 1. The number of fused-ring (bicyclic) bond motifs is 4. The quantitative estimate of drug-likeness (QED) is 0.448. The molecule has 136 valence electrons. The van der Waals surface area contributed by atoms with Crippen molar-refractivity contribution in [2.24, 2.45) is 0 Å². The van der Waals surface area contributed by atoms with Crippen LogP contribution in [0.25, 0.3) is 32.8 Å². The second-order valence-electron chi connectivity index (χ2n) is 6.33. The zero-order valence-corrected chi connectivity index (χ0v) is 15.5. The first kappa shape index (κ1) is 16.7. The van der Waals surface area contributed by atoms with Gasteiger partial charge >= 0.3 is 0 Å². The number of hydrogen-bond donors (Lipinski definition) is 2. The van der Waals surface area contributed by atoms with Crippen molar-refractivity contribution < 1.29 is 4.79 Å². The third-order valence-electron chi connectivity index (χ3n) is 4.50. The molecule has 0 bridgehead atoms. The number of carbonyl (C=O) groups is 1. The second-order valence-corrected chi connectivity index (χ2v) is 7.27. The molecule has 5 rings (SSSR count). The SMILES string of the molecule is O=C(CSc1nnc2c(n1)[nH]c1ccccc12)Nc1cccc2ccccc12. The maximum atomic E-state index is 12.4. The predicted octanol–water partition coefficient (Wildman–Crippen LogP) is 4.39. The molecule has 0 radical (unpaired) electrons. The van der Waals surface area contributed by atoms with Crippen LogP contribution in [0, 0.1) is 0 Å². The number of nitrogens with zero attached hydrogens (tertiary/aromatic N) is 3. The van der Waals surface area contributed by atoms with Crippen LogP contribution in [0.3, 0.4) is 0 Å². The van der Waals surface area contributed by atoms with E-state index in [1.165, 1.54) is 11.8 Å². The number of rotatable bonds is 4. The molecule has 0 saturated carbocycles. The fourth-order valence-electron chi connectivity index (χ4n) is 3.22. The first-order valence-corrected chi connectivity index (χ1v) is 9.78. The van der Waals surface area contributed by atoms with E-state index in [1.807, 2.05) is 66.7 Å². The summed E-state index contributed by atoms with van der Waals surface area (Å²) in [4.78, 5) is 20.2. The molecular formula is C21H15N5OS. The molecule has 0 aliphatic carbocycles. The fraction of sp³-hybridized carbons (Fsp3) is 0.0476. The summed E-state index contributed by atoms with van der Waals surface area (Å²) in [5.41, 5.74) is 3.18. The molecule has 0 unspecified atom stereocenters. The molecule has 0 atom stereocenters. The molecule has 3 aromatic carbocycles. The van der Waals surface area contributed by atoms with Crippen LogP contribution in [-0.4, -0.2) is 31.8 Å². The molecule has 6 nitrogen and oxygen atoms in total. The fourth-order valence-corrected chi connectivity index (χ4v) is 3.80. The van der Waals surface area contributed by atoms with Crippen molar-refractivity contribution in [3.8, 4) is 0 Å². The van der Waals surface area contributed by atoms with E-state index in [4.69, 9.17) is 0 Å². The van der Waals surface area contributed by atoms with E-state index in [9.17, 15) is 4.79 Å². The van der Waals surface area contributed by atoms with Gasteiger partial charge in [0, 0.05) is 22.0 Å². The van der Waals surface area contributed by atoms with E-state index < -0.39 is 0 Å². The van der Waals surface area contributed by atoms with Gasteiger partial charge in [-0.2, -0.15) is 0 Å². The summed E-state index contributed by atoms with van der Waals surface area (Å²) in [6.45, 7) is 0. The molecule has 0 spiro atoms. The van der Waals surface area contributed by atoms with E-state index in [1.54, 1.807) is 0 Å². The van der Waals surface area contributed by atoms with Gasteiger partial charge in [-0.25, -0.2) is 4.98 Å². The van der Waals surface area contributed by atoms with Crippen LogP contribution in [0.4, 0.5) is 5.69 Å². The van der Waals surface area contributed by atoms with E-state index in [-0.39, 0.29) is 11.7 Å². The van der Waals surface area contributed by atoms with Crippen LogP contribution in [0.15, 0.2) is 71.9 Å². The zero-order chi connectivity index (χ0) is 18.9. The van der Waals surface area contributed by atoms with Crippen molar-refractivity contribution in [1.29, 1.82) is 0 Å². The van der Waals surface area contributed by atoms with E-state index in [0.717, 1.165) is 32.9 Å². The molecule has 2 N–H and O–H groups in total. The Balaban J connectivity index is 1.33. The molecule has 0 aliphatic rings. The van der Waals surface area contributed by atoms with Crippen LogP contribution < -0.4 is 5.32 Å². The van der Waals surface area contributed by atoms with Crippen LogP contribution in [-0.2, 0) is 4.79 Å². The summed E-state index contributed by atoms with van der Waals surface area (Å²) in [5.74, 6) is 0.0955. The number of thioether (sulfide) groups is 1. The molecule has 0 saturated heterocycles. The Morgan fingerprint density at radius 1 is 0.929 bits per heavy atom. The molecule has 2 heterocycles. The number of nitrogens with one attached hydrogen (secondary N) is 2.